The summed E-state index contributed by atoms with van der Waals surface area (Å²) in [5.41, 5.74) is 8.77. The lowest BCUT2D eigenvalue weighted by molar-refractivity contribution is 0.101. The lowest BCUT2D eigenvalue weighted by atomic mass is 10.1. The molecule has 0 aliphatic rings. The average Bonchev–Trinajstić information content (AvgIpc) is 3.44. The van der Waals surface area contributed by atoms with Crippen LogP contribution in [0.2, 0.25) is 0 Å². The van der Waals surface area contributed by atoms with Crippen LogP contribution in [-0.2, 0) is 7.05 Å². The minimum atomic E-state index is -0.486. The summed E-state index contributed by atoms with van der Waals surface area (Å²) >= 11 is 1.44. The van der Waals surface area contributed by atoms with Crippen molar-refractivity contribution in [3.63, 3.8) is 0 Å². The number of benzene rings is 2. The number of carbonyl (C=O) groups excluding carboxylic acids is 1. The van der Waals surface area contributed by atoms with E-state index in [1.807, 2.05) is 78.6 Å². The van der Waals surface area contributed by atoms with E-state index in [4.69, 9.17) is 10.7 Å². The Morgan fingerprint density at radius 3 is 2.74 bits per heavy atom. The first-order chi connectivity index (χ1) is 17.0. The third kappa shape index (κ3) is 3.69. The van der Waals surface area contributed by atoms with Crippen molar-refractivity contribution in [2.24, 2.45) is 7.05 Å². The molecule has 4 N–H and O–H groups in total. The van der Waals surface area contributed by atoms with Crippen molar-refractivity contribution < 1.29 is 4.79 Å². The lowest BCUT2D eigenvalue weighted by Crippen LogP contribution is -2.17. The number of thiophene rings is 1. The van der Waals surface area contributed by atoms with Crippen molar-refractivity contribution in [1.82, 2.24) is 24.7 Å². The molecular formula is C25H20N8OS. The first-order valence-electron chi connectivity index (χ1n) is 10.9. The Morgan fingerprint density at radius 2 is 1.86 bits per heavy atom. The number of para-hydroxylation sites is 1. The van der Waals surface area contributed by atoms with E-state index in [0.29, 0.717) is 23.0 Å². The van der Waals surface area contributed by atoms with Gasteiger partial charge in [-0.1, -0.05) is 35.9 Å². The summed E-state index contributed by atoms with van der Waals surface area (Å²) in [5, 5.41) is 15.4. The van der Waals surface area contributed by atoms with E-state index in [2.05, 4.69) is 25.7 Å². The molecule has 6 rings (SSSR count). The van der Waals surface area contributed by atoms with Gasteiger partial charge in [-0.05, 0) is 42.0 Å². The quantitative estimate of drug-likeness (QED) is 0.324. The second-order valence-corrected chi connectivity index (χ2v) is 9.13. The number of carbonyl (C=O) groups is 1. The smallest absolute Gasteiger partial charge is 0.294 e. The van der Waals surface area contributed by atoms with Crippen LogP contribution in [0.1, 0.15) is 16.2 Å². The molecule has 0 radical (unpaired) electrons. The maximum absolute atomic E-state index is 13.1. The molecule has 4 heterocycles. The number of aromatic nitrogens is 5. The van der Waals surface area contributed by atoms with Crippen molar-refractivity contribution in [3.05, 3.63) is 71.4 Å². The fourth-order valence-corrected chi connectivity index (χ4v) is 4.85. The third-order valence-corrected chi connectivity index (χ3v) is 6.68. The van der Waals surface area contributed by atoms with Crippen LogP contribution in [0.25, 0.3) is 31.9 Å². The Kier molecular flexibility index (Phi) is 4.82. The molecule has 1 amide bonds. The van der Waals surface area contributed by atoms with Gasteiger partial charge in [0.2, 0.25) is 5.82 Å². The molecule has 0 unspecified atom stereocenters. The van der Waals surface area contributed by atoms with E-state index in [0.717, 1.165) is 31.9 Å². The lowest BCUT2D eigenvalue weighted by Gasteiger charge is -2.12. The van der Waals surface area contributed by atoms with Crippen LogP contribution >= 0.6 is 11.3 Å². The standard InChI is InChI=1S/C25H20N8OS/c1-13-7-8-15-14(11-13)12-19(29-23-16-5-3-4-6-18(16)33(2)32-23)28-22(15)31-25(34)24-27-17-9-10-35-20(17)21(26)30-24/h3-12H,1-2H3,(H2,26,27,30)(H2,28,29,31,32,34). The second kappa shape index (κ2) is 8.03. The van der Waals surface area contributed by atoms with Crippen LogP contribution < -0.4 is 16.4 Å². The number of nitrogen functional groups attached to an aromatic ring is 1. The maximum atomic E-state index is 13.1. The minimum absolute atomic E-state index is 0.00968. The highest BCUT2D eigenvalue weighted by Gasteiger charge is 2.17. The van der Waals surface area contributed by atoms with Crippen LogP contribution in [0, 0.1) is 6.92 Å². The van der Waals surface area contributed by atoms with E-state index >= 15 is 0 Å². The number of amides is 1. The summed E-state index contributed by atoms with van der Waals surface area (Å²) in [4.78, 5) is 26.4. The van der Waals surface area contributed by atoms with Crippen LogP contribution in [0.5, 0.6) is 0 Å². The Balaban J connectivity index is 1.41. The van der Waals surface area contributed by atoms with Gasteiger partial charge in [0.05, 0.1) is 15.7 Å². The fraction of sp³-hybridized carbons (Fsp3) is 0.0800. The fourth-order valence-electron chi connectivity index (χ4n) is 4.12. The van der Waals surface area contributed by atoms with E-state index in [9.17, 15) is 4.79 Å². The van der Waals surface area contributed by atoms with E-state index in [1.165, 1.54) is 11.3 Å². The summed E-state index contributed by atoms with van der Waals surface area (Å²) in [6.45, 7) is 2.02. The number of aryl methyl sites for hydroxylation is 2. The van der Waals surface area contributed by atoms with Gasteiger partial charge < -0.3 is 16.4 Å². The number of hydrogen-bond acceptors (Lipinski definition) is 8. The number of pyridine rings is 1. The van der Waals surface area contributed by atoms with E-state index in [1.54, 1.807) is 0 Å². The number of hydrogen-bond donors (Lipinski definition) is 3. The normalized spacial score (nSPS) is 11.4. The van der Waals surface area contributed by atoms with Crippen molar-refractivity contribution in [2.45, 2.75) is 6.92 Å². The van der Waals surface area contributed by atoms with Crippen molar-refractivity contribution in [3.8, 4) is 0 Å². The molecule has 0 bridgehead atoms. The highest BCUT2D eigenvalue weighted by Crippen LogP contribution is 2.30. The summed E-state index contributed by atoms with van der Waals surface area (Å²) in [7, 11) is 1.90. The Labute approximate surface area is 203 Å². The van der Waals surface area contributed by atoms with E-state index in [-0.39, 0.29) is 11.6 Å². The predicted octanol–water partition coefficient (Wildman–Crippen LogP) is 5.01. The zero-order valence-corrected chi connectivity index (χ0v) is 19.7. The SMILES string of the molecule is Cc1ccc2c(NC(=O)c3nc(N)c4sccc4n3)nc(Nc3nn(C)c4ccccc34)cc2c1. The van der Waals surface area contributed by atoms with Crippen molar-refractivity contribution in [1.29, 1.82) is 0 Å². The molecule has 0 atom stereocenters. The maximum Gasteiger partial charge on any atom is 0.294 e. The van der Waals surface area contributed by atoms with Crippen LogP contribution in [0.15, 0.2) is 60.0 Å². The molecule has 35 heavy (non-hydrogen) atoms. The van der Waals surface area contributed by atoms with E-state index < -0.39 is 5.91 Å². The molecule has 0 fully saturated rings. The predicted molar refractivity (Wildman–Crippen MR) is 140 cm³/mol. The molecule has 9 nitrogen and oxygen atoms in total. The van der Waals surface area contributed by atoms with Gasteiger partial charge in [0.25, 0.3) is 5.91 Å². The second-order valence-electron chi connectivity index (χ2n) is 8.22. The average molecular weight is 481 g/mol. The molecule has 10 heteroatoms. The van der Waals surface area contributed by atoms with Gasteiger partial charge >= 0.3 is 0 Å². The molecule has 0 spiro atoms. The highest BCUT2D eigenvalue weighted by atomic mass is 32.1. The van der Waals surface area contributed by atoms with Gasteiger partial charge in [0.15, 0.2) is 5.82 Å². The number of nitrogens with one attached hydrogen (secondary N) is 2. The summed E-state index contributed by atoms with van der Waals surface area (Å²) in [6, 6.07) is 17.7. The molecule has 6 aromatic rings. The molecule has 0 saturated carbocycles. The molecule has 0 aliphatic carbocycles. The molecule has 0 aliphatic heterocycles. The van der Waals surface area contributed by atoms with Gasteiger partial charge in [-0.25, -0.2) is 15.0 Å². The molecule has 2 aromatic carbocycles. The molecule has 172 valence electrons. The van der Waals surface area contributed by atoms with Crippen LogP contribution in [0.4, 0.5) is 23.3 Å². The Hall–Kier alpha value is -4.57. The summed E-state index contributed by atoms with van der Waals surface area (Å²) in [6.07, 6.45) is 0. The number of rotatable bonds is 4. The Morgan fingerprint density at radius 1 is 1.00 bits per heavy atom. The number of nitrogens with zero attached hydrogens (tertiary/aromatic N) is 5. The highest BCUT2D eigenvalue weighted by molar-refractivity contribution is 7.17. The van der Waals surface area contributed by atoms with Gasteiger partial charge in [0.1, 0.15) is 17.5 Å². The molecular weight excluding hydrogens is 460 g/mol. The molecule has 4 aromatic heterocycles. The van der Waals surface area contributed by atoms with Crippen molar-refractivity contribution in [2.75, 3.05) is 16.4 Å². The number of anilines is 4. The summed E-state index contributed by atoms with van der Waals surface area (Å²) < 4.78 is 2.57. The summed E-state index contributed by atoms with van der Waals surface area (Å²) in [5.74, 6) is 1.41. The zero-order chi connectivity index (χ0) is 24.1. The topological polar surface area (TPSA) is 124 Å². The largest absolute Gasteiger partial charge is 0.382 e. The first-order valence-corrected chi connectivity index (χ1v) is 11.8. The van der Waals surface area contributed by atoms with Crippen LogP contribution in [0.3, 0.4) is 0 Å². The third-order valence-electron chi connectivity index (χ3n) is 5.76. The van der Waals surface area contributed by atoms with Gasteiger partial charge in [-0.3, -0.25) is 9.48 Å². The van der Waals surface area contributed by atoms with Crippen LogP contribution in [-0.4, -0.2) is 30.6 Å². The number of nitrogens with two attached hydrogens (primary N) is 1. The first kappa shape index (κ1) is 21.0. The Bertz CT molecular complexity index is 1770. The number of fused-ring (bicyclic) bond motifs is 3. The van der Waals surface area contributed by atoms with Crippen molar-refractivity contribution >= 4 is 72.4 Å². The monoisotopic (exact) mass is 480 g/mol. The molecule has 0 saturated heterocycles. The minimum Gasteiger partial charge on any atom is -0.382 e. The van der Waals surface area contributed by atoms with Gasteiger partial charge in [0, 0.05) is 17.8 Å². The zero-order valence-electron chi connectivity index (χ0n) is 18.9. The van der Waals surface area contributed by atoms with Gasteiger partial charge in [-0.15, -0.1) is 11.3 Å². The van der Waals surface area contributed by atoms with Gasteiger partial charge in [-0.2, -0.15) is 5.10 Å².